The van der Waals surface area contributed by atoms with Gasteiger partial charge in [-0.25, -0.2) is 4.99 Å². The number of guanidine groups is 1. The summed E-state index contributed by atoms with van der Waals surface area (Å²) in [5, 5.41) is 17.5. The van der Waals surface area contributed by atoms with Crippen LogP contribution in [0.4, 0.5) is 5.69 Å². The molecule has 0 aromatic heterocycles. The minimum absolute atomic E-state index is 0. The second-order valence-electron chi connectivity index (χ2n) is 6.66. The van der Waals surface area contributed by atoms with Crippen LogP contribution in [0.5, 0.6) is 0 Å². The predicted octanol–water partition coefficient (Wildman–Crippen LogP) is 3.21. The van der Waals surface area contributed by atoms with Crippen molar-refractivity contribution in [1.29, 1.82) is 0 Å². The van der Waals surface area contributed by atoms with Crippen LogP contribution in [0.25, 0.3) is 0 Å². The molecule has 2 N–H and O–H groups in total. The number of nitro benzene ring substituents is 1. The SMILES string of the molecule is CCNC(=NCc1ccccc1[N+](=O)[O-])NCCc1cccc(C(=O)N(C)C)c1.I. The molecule has 0 spiro atoms. The Morgan fingerprint density at radius 2 is 1.87 bits per heavy atom. The van der Waals surface area contributed by atoms with Gasteiger partial charge in [-0.1, -0.05) is 30.3 Å². The third kappa shape index (κ3) is 7.62. The molecule has 30 heavy (non-hydrogen) atoms. The quantitative estimate of drug-likeness (QED) is 0.181. The lowest BCUT2D eigenvalue weighted by atomic mass is 10.1. The fourth-order valence-corrected chi connectivity index (χ4v) is 2.77. The van der Waals surface area contributed by atoms with E-state index in [4.69, 9.17) is 0 Å². The van der Waals surface area contributed by atoms with E-state index in [1.54, 1.807) is 43.3 Å². The molecule has 0 aliphatic rings. The van der Waals surface area contributed by atoms with Crippen LogP contribution >= 0.6 is 24.0 Å². The van der Waals surface area contributed by atoms with Crippen LogP contribution < -0.4 is 10.6 Å². The number of nitrogens with one attached hydrogen (secondary N) is 2. The maximum atomic E-state index is 12.1. The van der Waals surface area contributed by atoms with Crippen LogP contribution in [0.2, 0.25) is 0 Å². The molecule has 8 nitrogen and oxygen atoms in total. The van der Waals surface area contributed by atoms with E-state index in [2.05, 4.69) is 15.6 Å². The average Bonchev–Trinajstić information content (AvgIpc) is 2.71. The number of halogens is 1. The van der Waals surface area contributed by atoms with E-state index in [-0.39, 0.29) is 42.1 Å². The zero-order valence-corrected chi connectivity index (χ0v) is 19.8. The Hall–Kier alpha value is -2.69. The molecule has 0 unspecified atom stereocenters. The highest BCUT2D eigenvalue weighted by atomic mass is 127. The summed E-state index contributed by atoms with van der Waals surface area (Å²) in [5.41, 5.74) is 2.32. The van der Waals surface area contributed by atoms with Crippen LogP contribution in [0.1, 0.15) is 28.4 Å². The number of amides is 1. The number of nitro groups is 1. The van der Waals surface area contributed by atoms with Gasteiger partial charge in [0.15, 0.2) is 5.96 Å². The van der Waals surface area contributed by atoms with Gasteiger partial charge in [-0.15, -0.1) is 24.0 Å². The number of para-hydroxylation sites is 1. The largest absolute Gasteiger partial charge is 0.357 e. The summed E-state index contributed by atoms with van der Waals surface area (Å²) in [6, 6.07) is 14.1. The summed E-state index contributed by atoms with van der Waals surface area (Å²) in [6.07, 6.45) is 0.713. The van der Waals surface area contributed by atoms with Gasteiger partial charge in [0, 0.05) is 38.8 Å². The molecule has 162 valence electrons. The molecular weight excluding hydrogens is 497 g/mol. The Bertz CT molecular complexity index is 886. The number of hydrogen-bond donors (Lipinski definition) is 2. The van der Waals surface area contributed by atoms with Gasteiger partial charge in [-0.2, -0.15) is 0 Å². The maximum Gasteiger partial charge on any atom is 0.274 e. The van der Waals surface area contributed by atoms with E-state index in [0.29, 0.717) is 36.6 Å². The van der Waals surface area contributed by atoms with Gasteiger partial charge in [0.25, 0.3) is 11.6 Å². The first-order valence-electron chi connectivity index (χ1n) is 9.47. The normalized spacial score (nSPS) is 10.7. The van der Waals surface area contributed by atoms with Crippen molar-refractivity contribution in [3.05, 3.63) is 75.3 Å². The van der Waals surface area contributed by atoms with Crippen LogP contribution in [-0.4, -0.2) is 48.9 Å². The summed E-state index contributed by atoms with van der Waals surface area (Å²) in [5.74, 6) is 0.560. The van der Waals surface area contributed by atoms with E-state index < -0.39 is 4.92 Å². The smallest absolute Gasteiger partial charge is 0.274 e. The van der Waals surface area contributed by atoms with E-state index in [1.165, 1.54) is 6.07 Å². The highest BCUT2D eigenvalue weighted by Gasteiger charge is 2.12. The molecule has 0 radical (unpaired) electrons. The second-order valence-corrected chi connectivity index (χ2v) is 6.66. The predicted molar refractivity (Wildman–Crippen MR) is 129 cm³/mol. The first kappa shape index (κ1) is 25.3. The lowest BCUT2D eigenvalue weighted by molar-refractivity contribution is -0.385. The number of rotatable bonds is 8. The number of aliphatic imine (C=N–C) groups is 1. The van der Waals surface area contributed by atoms with Crippen LogP contribution in [-0.2, 0) is 13.0 Å². The molecule has 2 rings (SSSR count). The fraction of sp³-hybridized carbons (Fsp3) is 0.333. The number of nitrogens with zero attached hydrogens (tertiary/aromatic N) is 3. The highest BCUT2D eigenvalue weighted by molar-refractivity contribution is 14.0. The summed E-state index contributed by atoms with van der Waals surface area (Å²) >= 11 is 0. The molecule has 9 heteroatoms. The van der Waals surface area contributed by atoms with Crippen molar-refractivity contribution in [2.45, 2.75) is 19.9 Å². The van der Waals surface area contributed by atoms with Gasteiger partial charge in [-0.05, 0) is 31.0 Å². The topological polar surface area (TPSA) is 99.9 Å². The van der Waals surface area contributed by atoms with Crippen LogP contribution in [0, 0.1) is 10.1 Å². The molecule has 0 bridgehead atoms. The number of hydrogen-bond acceptors (Lipinski definition) is 4. The summed E-state index contributed by atoms with van der Waals surface area (Å²) in [4.78, 5) is 28.8. The molecule has 0 heterocycles. The Labute approximate surface area is 193 Å². The molecule has 1 amide bonds. The van der Waals surface area contributed by atoms with E-state index in [0.717, 1.165) is 5.56 Å². The Morgan fingerprint density at radius 3 is 2.53 bits per heavy atom. The lowest BCUT2D eigenvalue weighted by Gasteiger charge is -2.13. The van der Waals surface area contributed by atoms with Gasteiger partial charge >= 0.3 is 0 Å². The van der Waals surface area contributed by atoms with Crippen molar-refractivity contribution in [3.8, 4) is 0 Å². The molecule has 0 saturated carbocycles. The summed E-state index contributed by atoms with van der Waals surface area (Å²) in [6.45, 7) is 3.45. The Kier molecular flexibility index (Phi) is 10.8. The zero-order chi connectivity index (χ0) is 21.2. The molecule has 0 saturated heterocycles. The van der Waals surface area contributed by atoms with Crippen molar-refractivity contribution >= 4 is 41.5 Å². The number of benzene rings is 2. The standard InChI is InChI=1S/C21H27N5O3.HI/c1-4-22-21(24-15-18-9-5-6-11-19(18)26(28)29)23-13-12-16-8-7-10-17(14-16)20(27)25(2)3;/h5-11,14H,4,12-13,15H2,1-3H3,(H2,22,23,24);1H. The first-order chi connectivity index (χ1) is 13.9. The molecule has 2 aromatic rings. The van der Waals surface area contributed by atoms with Crippen molar-refractivity contribution in [1.82, 2.24) is 15.5 Å². The molecule has 0 aliphatic heterocycles. The van der Waals surface area contributed by atoms with Crippen molar-refractivity contribution in [2.75, 3.05) is 27.2 Å². The van der Waals surface area contributed by atoms with Gasteiger partial charge in [0.1, 0.15) is 0 Å². The fourth-order valence-electron chi connectivity index (χ4n) is 2.77. The number of carbonyl (C=O) groups is 1. The van der Waals surface area contributed by atoms with Crippen LogP contribution in [0.15, 0.2) is 53.5 Å². The van der Waals surface area contributed by atoms with Crippen molar-refractivity contribution in [2.24, 2.45) is 4.99 Å². The average molecular weight is 525 g/mol. The van der Waals surface area contributed by atoms with Crippen molar-refractivity contribution < 1.29 is 9.72 Å². The molecule has 0 aliphatic carbocycles. The van der Waals surface area contributed by atoms with Crippen LogP contribution in [0.3, 0.4) is 0 Å². The summed E-state index contributed by atoms with van der Waals surface area (Å²) in [7, 11) is 3.46. The third-order valence-corrected chi connectivity index (χ3v) is 4.23. The Morgan fingerprint density at radius 1 is 1.13 bits per heavy atom. The highest BCUT2D eigenvalue weighted by Crippen LogP contribution is 2.18. The van der Waals surface area contributed by atoms with E-state index in [9.17, 15) is 14.9 Å². The third-order valence-electron chi connectivity index (χ3n) is 4.23. The number of carbonyl (C=O) groups excluding carboxylic acids is 1. The first-order valence-corrected chi connectivity index (χ1v) is 9.47. The molecular formula is C21H28IN5O3. The van der Waals surface area contributed by atoms with Gasteiger partial charge in [0.05, 0.1) is 17.0 Å². The molecule has 0 atom stereocenters. The minimum atomic E-state index is -0.396. The van der Waals surface area contributed by atoms with Gasteiger partial charge < -0.3 is 15.5 Å². The zero-order valence-electron chi connectivity index (χ0n) is 17.4. The van der Waals surface area contributed by atoms with Gasteiger partial charge in [-0.3, -0.25) is 14.9 Å². The Balaban J connectivity index is 0.00000450. The van der Waals surface area contributed by atoms with Crippen molar-refractivity contribution in [3.63, 3.8) is 0 Å². The molecule has 0 fully saturated rings. The molecule has 2 aromatic carbocycles. The minimum Gasteiger partial charge on any atom is -0.357 e. The monoisotopic (exact) mass is 525 g/mol. The van der Waals surface area contributed by atoms with Gasteiger partial charge in [0.2, 0.25) is 0 Å². The second kappa shape index (κ2) is 12.8. The summed E-state index contributed by atoms with van der Waals surface area (Å²) < 4.78 is 0. The van der Waals surface area contributed by atoms with E-state index in [1.807, 2.05) is 25.1 Å². The lowest BCUT2D eigenvalue weighted by Crippen LogP contribution is -2.38. The van der Waals surface area contributed by atoms with E-state index >= 15 is 0 Å². The maximum absolute atomic E-state index is 12.1.